The third-order valence-electron chi connectivity index (χ3n) is 6.97. The van der Waals surface area contributed by atoms with Crippen molar-refractivity contribution in [2.75, 3.05) is 23.7 Å². The Morgan fingerprint density at radius 3 is 2.02 bits per heavy atom. The van der Waals surface area contributed by atoms with Crippen LogP contribution in [-0.2, 0) is 39.2 Å². The Morgan fingerprint density at radius 2 is 1.43 bits per heavy atom. The zero-order valence-electron chi connectivity index (χ0n) is 24.7. The van der Waals surface area contributed by atoms with Crippen LogP contribution in [0.2, 0.25) is 5.02 Å². The number of likely N-dealkylation sites (N-methyl/N-ethyl adjacent to an activating group) is 1. The molecule has 0 saturated carbocycles. The number of anilines is 1. The zero-order valence-corrected chi connectivity index (χ0v) is 26.3. The number of benzene rings is 4. The Bertz CT molecular complexity index is 1630. The summed E-state index contributed by atoms with van der Waals surface area (Å²) in [4.78, 5) is 29.0. The van der Waals surface area contributed by atoms with Gasteiger partial charge >= 0.3 is 0 Å². The highest BCUT2D eigenvalue weighted by Crippen LogP contribution is 2.25. The summed E-state index contributed by atoms with van der Waals surface area (Å²) < 4.78 is 32.9. The smallest absolute Gasteiger partial charge is 0.244 e. The van der Waals surface area contributed by atoms with Gasteiger partial charge in [0.15, 0.2) is 0 Å². The number of ether oxygens (including phenoxy) is 1. The van der Waals surface area contributed by atoms with E-state index in [2.05, 4.69) is 5.32 Å². The normalized spacial score (nSPS) is 11.8. The molecule has 230 valence electrons. The summed E-state index contributed by atoms with van der Waals surface area (Å²) in [5, 5.41) is 3.27. The van der Waals surface area contributed by atoms with Gasteiger partial charge in [0.2, 0.25) is 21.8 Å². The topological polar surface area (TPSA) is 96.0 Å². The van der Waals surface area contributed by atoms with Crippen LogP contribution in [0, 0.1) is 0 Å². The second kappa shape index (κ2) is 15.4. The van der Waals surface area contributed by atoms with Crippen molar-refractivity contribution < 1.29 is 22.7 Å². The Morgan fingerprint density at radius 1 is 0.841 bits per heavy atom. The van der Waals surface area contributed by atoms with E-state index in [4.69, 9.17) is 16.3 Å². The Kier molecular flexibility index (Phi) is 11.4. The maximum Gasteiger partial charge on any atom is 0.244 e. The molecule has 0 aromatic heterocycles. The molecule has 44 heavy (non-hydrogen) atoms. The third-order valence-corrected chi connectivity index (χ3v) is 8.48. The standard InChI is InChI=1S/C34H36ClN3O5S/c1-3-36-34(40)32(22-26-12-6-4-7-13-26)37(23-28-16-10-11-17-31(28)35)33(39)24-38(44(2,41)42)29-18-20-30(21-19-29)43-25-27-14-8-5-9-15-27/h4-21,32H,3,22-25H2,1-2H3,(H,36,40)/t32-/m0/s1. The maximum atomic E-state index is 14.1. The Balaban J connectivity index is 1.63. The summed E-state index contributed by atoms with van der Waals surface area (Å²) in [6.07, 6.45) is 1.28. The van der Waals surface area contributed by atoms with Crippen LogP contribution < -0.4 is 14.4 Å². The molecule has 4 aromatic rings. The molecule has 8 nitrogen and oxygen atoms in total. The average Bonchev–Trinajstić information content (AvgIpc) is 3.02. The van der Waals surface area contributed by atoms with Crippen LogP contribution >= 0.6 is 11.6 Å². The molecule has 4 aromatic carbocycles. The zero-order chi connectivity index (χ0) is 31.5. The fraction of sp³-hybridized carbons (Fsp3) is 0.235. The molecule has 0 bridgehead atoms. The molecule has 1 atom stereocenters. The molecular formula is C34H36ClN3O5S. The molecule has 0 spiro atoms. The Hall–Kier alpha value is -4.34. The second-order valence-corrected chi connectivity index (χ2v) is 12.6. The van der Waals surface area contributed by atoms with Crippen LogP contribution in [0.1, 0.15) is 23.6 Å². The average molecular weight is 634 g/mol. The summed E-state index contributed by atoms with van der Waals surface area (Å²) in [7, 11) is -3.89. The van der Waals surface area contributed by atoms with Crippen molar-refractivity contribution in [3.8, 4) is 5.75 Å². The molecule has 0 heterocycles. The van der Waals surface area contributed by atoms with Crippen molar-refractivity contribution in [3.63, 3.8) is 0 Å². The van der Waals surface area contributed by atoms with Crippen molar-refractivity contribution in [2.24, 2.45) is 0 Å². The second-order valence-electron chi connectivity index (χ2n) is 10.3. The van der Waals surface area contributed by atoms with E-state index in [0.29, 0.717) is 35.2 Å². The lowest BCUT2D eigenvalue weighted by Gasteiger charge is -2.33. The third kappa shape index (κ3) is 9.08. The van der Waals surface area contributed by atoms with Gasteiger partial charge < -0.3 is 15.0 Å². The van der Waals surface area contributed by atoms with Gasteiger partial charge in [-0.1, -0.05) is 90.5 Å². The van der Waals surface area contributed by atoms with Crippen LogP contribution in [0.25, 0.3) is 0 Å². The summed E-state index contributed by atoms with van der Waals surface area (Å²) in [6, 6.07) is 31.7. The minimum Gasteiger partial charge on any atom is -0.489 e. The largest absolute Gasteiger partial charge is 0.489 e. The van der Waals surface area contributed by atoms with Gasteiger partial charge in [-0.05, 0) is 53.9 Å². The molecule has 0 aliphatic rings. The van der Waals surface area contributed by atoms with Crippen molar-refractivity contribution in [2.45, 2.75) is 32.5 Å². The summed E-state index contributed by atoms with van der Waals surface area (Å²) in [5.41, 5.74) is 2.78. The van der Waals surface area contributed by atoms with E-state index >= 15 is 0 Å². The van der Waals surface area contributed by atoms with Gasteiger partial charge in [-0.25, -0.2) is 8.42 Å². The lowest BCUT2D eigenvalue weighted by atomic mass is 10.0. The van der Waals surface area contributed by atoms with Crippen molar-refractivity contribution in [1.82, 2.24) is 10.2 Å². The molecule has 0 saturated heterocycles. The van der Waals surface area contributed by atoms with E-state index in [1.807, 2.05) is 60.7 Å². The molecule has 0 aliphatic carbocycles. The quantitative estimate of drug-likeness (QED) is 0.199. The minimum atomic E-state index is -3.89. The number of hydrogen-bond donors (Lipinski definition) is 1. The van der Waals surface area contributed by atoms with Crippen molar-refractivity contribution >= 4 is 39.1 Å². The van der Waals surface area contributed by atoms with E-state index < -0.39 is 28.5 Å². The number of sulfonamides is 1. The van der Waals surface area contributed by atoms with Gasteiger partial charge in [-0.15, -0.1) is 0 Å². The maximum absolute atomic E-state index is 14.1. The van der Waals surface area contributed by atoms with E-state index in [1.54, 1.807) is 55.5 Å². The fourth-order valence-corrected chi connectivity index (χ4v) is 5.76. The van der Waals surface area contributed by atoms with Gasteiger partial charge in [-0.3, -0.25) is 13.9 Å². The van der Waals surface area contributed by atoms with Crippen molar-refractivity contribution in [1.29, 1.82) is 0 Å². The number of rotatable bonds is 14. The molecule has 10 heteroatoms. The number of carbonyl (C=O) groups excluding carboxylic acids is 2. The molecule has 4 rings (SSSR count). The summed E-state index contributed by atoms with van der Waals surface area (Å²) in [6.45, 7) is 2.02. The van der Waals surface area contributed by atoms with Crippen LogP contribution in [0.4, 0.5) is 5.69 Å². The highest BCUT2D eigenvalue weighted by atomic mass is 35.5. The van der Waals surface area contributed by atoms with Crippen LogP contribution in [0.15, 0.2) is 109 Å². The van der Waals surface area contributed by atoms with E-state index in [1.165, 1.54) is 4.90 Å². The number of nitrogens with one attached hydrogen (secondary N) is 1. The number of amides is 2. The monoisotopic (exact) mass is 633 g/mol. The number of hydrogen-bond acceptors (Lipinski definition) is 5. The molecule has 0 unspecified atom stereocenters. The summed E-state index contributed by atoms with van der Waals surface area (Å²) >= 11 is 6.48. The highest BCUT2D eigenvalue weighted by molar-refractivity contribution is 7.92. The lowest BCUT2D eigenvalue weighted by molar-refractivity contribution is -0.140. The van der Waals surface area contributed by atoms with Crippen LogP contribution in [0.5, 0.6) is 5.75 Å². The first-order valence-electron chi connectivity index (χ1n) is 14.2. The highest BCUT2D eigenvalue weighted by Gasteiger charge is 2.33. The first-order valence-corrected chi connectivity index (χ1v) is 16.5. The van der Waals surface area contributed by atoms with Crippen molar-refractivity contribution in [3.05, 3.63) is 131 Å². The molecule has 0 radical (unpaired) electrons. The molecule has 0 fully saturated rings. The number of nitrogens with zero attached hydrogens (tertiary/aromatic N) is 2. The van der Waals surface area contributed by atoms with E-state index in [-0.39, 0.29) is 18.9 Å². The number of halogens is 1. The predicted octanol–water partition coefficient (Wildman–Crippen LogP) is 5.46. The molecular weight excluding hydrogens is 598 g/mol. The van der Waals surface area contributed by atoms with E-state index in [0.717, 1.165) is 21.7 Å². The van der Waals surface area contributed by atoms with Gasteiger partial charge in [-0.2, -0.15) is 0 Å². The summed E-state index contributed by atoms with van der Waals surface area (Å²) in [5.74, 6) is -0.341. The Labute approximate surface area is 264 Å². The first-order chi connectivity index (χ1) is 21.2. The fourth-order valence-electron chi connectivity index (χ4n) is 4.72. The van der Waals surface area contributed by atoms with Gasteiger partial charge in [0, 0.05) is 24.5 Å². The lowest BCUT2D eigenvalue weighted by Crippen LogP contribution is -2.53. The first kappa shape index (κ1) is 32.6. The minimum absolute atomic E-state index is 0.0109. The predicted molar refractivity (Wildman–Crippen MR) is 174 cm³/mol. The number of carbonyl (C=O) groups is 2. The van der Waals surface area contributed by atoms with Crippen LogP contribution in [0.3, 0.4) is 0 Å². The van der Waals surface area contributed by atoms with Crippen LogP contribution in [-0.4, -0.2) is 50.5 Å². The van der Waals surface area contributed by atoms with E-state index in [9.17, 15) is 18.0 Å². The van der Waals surface area contributed by atoms with Gasteiger partial charge in [0.05, 0.1) is 11.9 Å². The molecule has 2 amide bonds. The van der Waals surface area contributed by atoms with Gasteiger partial charge in [0.1, 0.15) is 24.9 Å². The SMILES string of the molecule is CCNC(=O)[C@H](Cc1ccccc1)N(Cc1ccccc1Cl)C(=O)CN(c1ccc(OCc2ccccc2)cc1)S(C)(=O)=O. The molecule has 0 aliphatic heterocycles. The molecule has 1 N–H and O–H groups in total. The van der Waals surface area contributed by atoms with Gasteiger partial charge in [0.25, 0.3) is 0 Å².